The van der Waals surface area contributed by atoms with Crippen molar-refractivity contribution < 1.29 is 9.90 Å². The van der Waals surface area contributed by atoms with Crippen LogP contribution in [0.5, 0.6) is 0 Å². The van der Waals surface area contributed by atoms with Gasteiger partial charge in [-0.05, 0) is 11.6 Å². The minimum atomic E-state index is -0.529. The number of benzene rings is 2. The summed E-state index contributed by atoms with van der Waals surface area (Å²) in [5.41, 5.74) is 3.92. The van der Waals surface area contributed by atoms with E-state index in [1.807, 2.05) is 71.6 Å². The van der Waals surface area contributed by atoms with Crippen molar-refractivity contribution in [3.05, 3.63) is 90.3 Å². The zero-order chi connectivity index (χ0) is 21.9. The molecule has 1 amide bonds. The Labute approximate surface area is 186 Å². The predicted octanol–water partition coefficient (Wildman–Crippen LogP) is 2.89. The summed E-state index contributed by atoms with van der Waals surface area (Å²) in [6.45, 7) is 3.21. The Morgan fingerprint density at radius 3 is 2.34 bits per heavy atom. The monoisotopic (exact) mass is 427 g/mol. The largest absolute Gasteiger partial charge is 0.387 e. The molecule has 0 spiro atoms. The SMILES string of the molecule is O=C(c1cnn2c(-c3ccccc3)ccnc12)N1CCN(CC(O)c2ccccc2)CC1. The summed E-state index contributed by atoms with van der Waals surface area (Å²) in [4.78, 5) is 21.7. The normalized spacial score (nSPS) is 15.7. The average molecular weight is 428 g/mol. The van der Waals surface area contributed by atoms with Gasteiger partial charge in [0.15, 0.2) is 5.65 Å². The number of nitrogens with zero attached hydrogens (tertiary/aromatic N) is 5. The molecule has 1 saturated heterocycles. The van der Waals surface area contributed by atoms with Gasteiger partial charge in [-0.2, -0.15) is 5.10 Å². The number of aliphatic hydroxyl groups excluding tert-OH is 1. The number of fused-ring (bicyclic) bond motifs is 1. The van der Waals surface area contributed by atoms with E-state index in [1.165, 1.54) is 0 Å². The van der Waals surface area contributed by atoms with Crippen LogP contribution in [-0.2, 0) is 0 Å². The number of aliphatic hydroxyl groups is 1. The summed E-state index contributed by atoms with van der Waals surface area (Å²) in [6.07, 6.45) is 2.81. The first-order chi connectivity index (χ1) is 15.7. The predicted molar refractivity (Wildman–Crippen MR) is 122 cm³/mol. The average Bonchev–Trinajstić information content (AvgIpc) is 3.29. The fourth-order valence-corrected chi connectivity index (χ4v) is 4.20. The minimum Gasteiger partial charge on any atom is -0.387 e. The Hall–Kier alpha value is -3.55. The van der Waals surface area contributed by atoms with Gasteiger partial charge < -0.3 is 10.0 Å². The molecule has 0 aliphatic carbocycles. The summed E-state index contributed by atoms with van der Waals surface area (Å²) in [5, 5.41) is 15.0. The van der Waals surface area contributed by atoms with Crippen molar-refractivity contribution in [2.75, 3.05) is 32.7 Å². The van der Waals surface area contributed by atoms with E-state index < -0.39 is 6.10 Å². The molecule has 7 heteroatoms. The summed E-state index contributed by atoms with van der Waals surface area (Å²) < 4.78 is 1.73. The molecule has 5 rings (SSSR count). The highest BCUT2D eigenvalue weighted by atomic mass is 16.3. The molecule has 3 heterocycles. The van der Waals surface area contributed by atoms with Gasteiger partial charge in [0.2, 0.25) is 0 Å². The summed E-state index contributed by atoms with van der Waals surface area (Å²) in [7, 11) is 0. The van der Waals surface area contributed by atoms with Crippen LogP contribution in [0, 0.1) is 0 Å². The molecule has 7 nitrogen and oxygen atoms in total. The highest BCUT2D eigenvalue weighted by molar-refractivity contribution is 6.00. The summed E-state index contributed by atoms with van der Waals surface area (Å²) >= 11 is 0. The number of rotatable bonds is 5. The number of carbonyl (C=O) groups is 1. The lowest BCUT2D eigenvalue weighted by Crippen LogP contribution is -2.49. The first kappa shape index (κ1) is 20.4. The van der Waals surface area contributed by atoms with Crippen LogP contribution in [-0.4, -0.2) is 68.1 Å². The van der Waals surface area contributed by atoms with Crippen molar-refractivity contribution >= 4 is 11.6 Å². The van der Waals surface area contributed by atoms with E-state index in [2.05, 4.69) is 15.0 Å². The molecular weight excluding hydrogens is 402 g/mol. The van der Waals surface area contributed by atoms with Crippen molar-refractivity contribution in [1.29, 1.82) is 0 Å². The lowest BCUT2D eigenvalue weighted by Gasteiger charge is -2.35. The Balaban J connectivity index is 1.28. The molecule has 2 aromatic carbocycles. The third-order valence-corrected chi connectivity index (χ3v) is 5.98. The first-order valence-electron chi connectivity index (χ1n) is 10.8. The third-order valence-electron chi connectivity index (χ3n) is 5.98. The summed E-state index contributed by atoms with van der Waals surface area (Å²) in [5.74, 6) is -0.0547. The Kier molecular flexibility index (Phi) is 5.66. The maximum Gasteiger partial charge on any atom is 0.259 e. The topological polar surface area (TPSA) is 74.0 Å². The fourth-order valence-electron chi connectivity index (χ4n) is 4.20. The van der Waals surface area contributed by atoms with E-state index in [0.717, 1.165) is 29.9 Å². The molecule has 4 aromatic rings. The molecular formula is C25H25N5O2. The van der Waals surface area contributed by atoms with Crippen LogP contribution in [0.25, 0.3) is 16.9 Å². The van der Waals surface area contributed by atoms with Gasteiger partial charge in [0.05, 0.1) is 18.0 Å². The number of β-amino-alcohol motifs (C(OH)–C–C–N with tert-alkyl or cyclic N) is 1. The molecule has 1 fully saturated rings. The Bertz CT molecular complexity index is 1200. The van der Waals surface area contributed by atoms with Crippen LogP contribution < -0.4 is 0 Å². The van der Waals surface area contributed by atoms with E-state index in [-0.39, 0.29) is 5.91 Å². The number of hydrogen-bond donors (Lipinski definition) is 1. The Morgan fingerprint density at radius 2 is 1.62 bits per heavy atom. The van der Waals surface area contributed by atoms with E-state index in [1.54, 1.807) is 16.9 Å². The zero-order valence-electron chi connectivity index (χ0n) is 17.7. The molecule has 1 aliphatic heterocycles. The molecule has 0 radical (unpaired) electrons. The van der Waals surface area contributed by atoms with Crippen molar-refractivity contribution in [2.24, 2.45) is 0 Å². The molecule has 1 aliphatic rings. The van der Waals surface area contributed by atoms with Crippen LogP contribution in [0.2, 0.25) is 0 Å². The van der Waals surface area contributed by atoms with Crippen molar-refractivity contribution in [3.63, 3.8) is 0 Å². The highest BCUT2D eigenvalue weighted by Crippen LogP contribution is 2.22. The van der Waals surface area contributed by atoms with Crippen LogP contribution in [0.15, 0.2) is 79.1 Å². The molecule has 32 heavy (non-hydrogen) atoms. The van der Waals surface area contributed by atoms with Gasteiger partial charge in [0.25, 0.3) is 5.91 Å². The van der Waals surface area contributed by atoms with Crippen LogP contribution >= 0.6 is 0 Å². The highest BCUT2D eigenvalue weighted by Gasteiger charge is 2.26. The van der Waals surface area contributed by atoms with Crippen LogP contribution in [0.1, 0.15) is 22.0 Å². The lowest BCUT2D eigenvalue weighted by atomic mass is 10.1. The van der Waals surface area contributed by atoms with E-state index in [4.69, 9.17) is 0 Å². The first-order valence-corrected chi connectivity index (χ1v) is 10.8. The number of carbonyl (C=O) groups excluding carboxylic acids is 1. The zero-order valence-corrected chi connectivity index (χ0v) is 17.7. The molecule has 0 saturated carbocycles. The van der Waals surface area contributed by atoms with Crippen LogP contribution in [0.3, 0.4) is 0 Å². The lowest BCUT2D eigenvalue weighted by molar-refractivity contribution is 0.0529. The number of aromatic nitrogens is 3. The number of amides is 1. The molecule has 0 bridgehead atoms. The van der Waals surface area contributed by atoms with Gasteiger partial charge in [-0.15, -0.1) is 0 Å². The smallest absolute Gasteiger partial charge is 0.259 e. The maximum absolute atomic E-state index is 13.2. The van der Waals surface area contributed by atoms with Gasteiger partial charge in [-0.3, -0.25) is 9.69 Å². The molecule has 1 atom stereocenters. The van der Waals surface area contributed by atoms with E-state index >= 15 is 0 Å². The third kappa shape index (κ3) is 4.00. The summed E-state index contributed by atoms with van der Waals surface area (Å²) in [6, 6.07) is 21.5. The van der Waals surface area contributed by atoms with Gasteiger partial charge in [0.1, 0.15) is 5.56 Å². The van der Waals surface area contributed by atoms with E-state index in [9.17, 15) is 9.90 Å². The second kappa shape index (κ2) is 8.90. The van der Waals surface area contributed by atoms with Crippen molar-refractivity contribution in [3.8, 4) is 11.3 Å². The molecule has 1 unspecified atom stereocenters. The van der Waals surface area contributed by atoms with Gasteiger partial charge >= 0.3 is 0 Å². The second-order valence-electron chi connectivity index (χ2n) is 8.01. The van der Waals surface area contributed by atoms with Gasteiger partial charge in [-0.25, -0.2) is 9.50 Å². The second-order valence-corrected chi connectivity index (χ2v) is 8.01. The molecule has 1 N–H and O–H groups in total. The van der Waals surface area contributed by atoms with Crippen molar-refractivity contribution in [2.45, 2.75) is 6.10 Å². The minimum absolute atomic E-state index is 0.0547. The maximum atomic E-state index is 13.2. The van der Waals surface area contributed by atoms with Gasteiger partial charge in [0, 0.05) is 44.5 Å². The fraction of sp³-hybridized carbons (Fsp3) is 0.240. The Morgan fingerprint density at radius 1 is 0.938 bits per heavy atom. The molecule has 162 valence electrons. The number of hydrogen-bond acceptors (Lipinski definition) is 5. The van der Waals surface area contributed by atoms with Crippen LogP contribution in [0.4, 0.5) is 0 Å². The van der Waals surface area contributed by atoms with Crippen molar-refractivity contribution in [1.82, 2.24) is 24.4 Å². The standard InChI is InChI=1S/C25H25N5O2/c31-23(20-9-5-2-6-10-20)18-28-13-15-29(16-14-28)25(32)21-17-27-30-22(11-12-26-24(21)30)19-7-3-1-4-8-19/h1-12,17,23,31H,13-16,18H2. The van der Waals surface area contributed by atoms with E-state index in [0.29, 0.717) is 30.8 Å². The quantitative estimate of drug-likeness (QED) is 0.530. The molecule has 2 aromatic heterocycles. The number of piperazine rings is 1. The van der Waals surface area contributed by atoms with Gasteiger partial charge in [-0.1, -0.05) is 60.7 Å².